The molecule has 0 saturated carbocycles. The van der Waals surface area contributed by atoms with Gasteiger partial charge in [0.05, 0.1) is 5.56 Å². The predicted octanol–water partition coefficient (Wildman–Crippen LogP) is 3.72. The van der Waals surface area contributed by atoms with E-state index in [4.69, 9.17) is 10.2 Å². The molecule has 0 spiro atoms. The van der Waals surface area contributed by atoms with Crippen molar-refractivity contribution in [1.82, 2.24) is 0 Å². The van der Waals surface area contributed by atoms with E-state index in [1.165, 1.54) is 0 Å². The molecule has 0 aliphatic carbocycles. The first-order valence-corrected chi connectivity index (χ1v) is 5.39. The molecule has 21 heavy (non-hydrogen) atoms. The Morgan fingerprint density at radius 1 is 1.00 bits per heavy atom. The van der Waals surface area contributed by atoms with Gasteiger partial charge in [-0.25, -0.2) is 0 Å². The maximum absolute atomic E-state index is 12.3. The third-order valence-electron chi connectivity index (χ3n) is 2.47. The van der Waals surface area contributed by atoms with Gasteiger partial charge in [-0.2, -0.15) is 26.3 Å². The Bertz CT molecular complexity index is 515. The second-order valence-corrected chi connectivity index (χ2v) is 3.83. The molecule has 118 valence electrons. The Morgan fingerprint density at radius 2 is 1.48 bits per heavy atom. The Morgan fingerprint density at radius 3 is 1.86 bits per heavy atom. The zero-order chi connectivity index (χ0) is 16.4. The van der Waals surface area contributed by atoms with Crippen LogP contribution in [0.2, 0.25) is 0 Å². The lowest BCUT2D eigenvalue weighted by Gasteiger charge is -2.06. The fourth-order valence-electron chi connectivity index (χ4n) is 1.48. The molecule has 1 aromatic rings. The van der Waals surface area contributed by atoms with Gasteiger partial charge < -0.3 is 14.9 Å². The summed E-state index contributed by atoms with van der Waals surface area (Å²) in [5.41, 5.74) is -0.804. The molecule has 1 aliphatic heterocycles. The maximum atomic E-state index is 12.3. The number of alkyl halides is 6. The first kappa shape index (κ1) is 17.2. The summed E-state index contributed by atoms with van der Waals surface area (Å²) in [6.07, 6.45) is -10.6. The normalized spacial score (nSPS) is 20.1. The second-order valence-electron chi connectivity index (χ2n) is 3.83. The van der Waals surface area contributed by atoms with E-state index in [0.29, 0.717) is 0 Å². The monoisotopic (exact) mass is 316 g/mol. The van der Waals surface area contributed by atoms with Crippen LogP contribution in [0.5, 0.6) is 0 Å². The molecule has 1 saturated heterocycles. The fourth-order valence-corrected chi connectivity index (χ4v) is 1.48. The van der Waals surface area contributed by atoms with Gasteiger partial charge in [-0.1, -0.05) is 12.1 Å². The Balaban J connectivity index is 0.00000106. The van der Waals surface area contributed by atoms with Gasteiger partial charge in [-0.05, 0) is 12.1 Å². The summed E-state index contributed by atoms with van der Waals surface area (Å²) in [5, 5.41) is 15.8. The van der Waals surface area contributed by atoms with Crippen LogP contribution in [0.15, 0.2) is 35.8 Å². The first-order valence-electron chi connectivity index (χ1n) is 5.39. The molecule has 1 heterocycles. The average molecular weight is 316 g/mol. The molecule has 2 N–H and O–H groups in total. The molecule has 0 bridgehead atoms. The van der Waals surface area contributed by atoms with Crippen LogP contribution in [0.25, 0.3) is 0 Å². The standard InChI is InChI=1S/C11H6F6O2.CH4O/c12-10(13,14)6-3-1-5(2-4-6)7-8(19-7)9(18)11(15,16)17;1-2/h1-4,7,18H;2H,1H3/b9-8-;. The first-order chi connectivity index (χ1) is 9.60. The molecule has 0 aromatic heterocycles. The van der Waals surface area contributed by atoms with Gasteiger partial charge in [-0.3, -0.25) is 0 Å². The van der Waals surface area contributed by atoms with Crippen molar-refractivity contribution in [3.05, 3.63) is 46.9 Å². The van der Waals surface area contributed by atoms with Crippen molar-refractivity contribution in [3.63, 3.8) is 0 Å². The lowest BCUT2D eigenvalue weighted by molar-refractivity contribution is -0.137. The highest BCUT2D eigenvalue weighted by Crippen LogP contribution is 2.47. The summed E-state index contributed by atoms with van der Waals surface area (Å²) in [7, 11) is 1.00. The number of hydrogen-bond acceptors (Lipinski definition) is 3. The minimum absolute atomic E-state index is 0.110. The largest absolute Gasteiger partial charge is 0.502 e. The molecule has 2 rings (SSSR count). The lowest BCUT2D eigenvalue weighted by Crippen LogP contribution is -2.11. The van der Waals surface area contributed by atoms with Crippen LogP contribution in [0.4, 0.5) is 26.3 Å². The lowest BCUT2D eigenvalue weighted by atomic mass is 10.1. The highest BCUT2D eigenvalue weighted by atomic mass is 19.4. The third-order valence-corrected chi connectivity index (χ3v) is 2.47. The van der Waals surface area contributed by atoms with Gasteiger partial charge in [-0.15, -0.1) is 0 Å². The fraction of sp³-hybridized carbons (Fsp3) is 0.333. The number of aliphatic hydroxyl groups excluding tert-OH is 2. The van der Waals surface area contributed by atoms with E-state index < -0.39 is 35.5 Å². The van der Waals surface area contributed by atoms with Crippen molar-refractivity contribution < 1.29 is 41.3 Å². The summed E-state index contributed by atoms with van der Waals surface area (Å²) < 4.78 is 77.7. The Labute approximate surface area is 115 Å². The average Bonchev–Trinajstić information content (AvgIpc) is 3.18. The molecule has 0 amide bonds. The predicted molar refractivity (Wildman–Crippen MR) is 59.1 cm³/mol. The van der Waals surface area contributed by atoms with Crippen LogP contribution < -0.4 is 0 Å². The molecule has 1 fully saturated rings. The van der Waals surface area contributed by atoms with Crippen molar-refractivity contribution in [2.75, 3.05) is 7.11 Å². The summed E-state index contributed by atoms with van der Waals surface area (Å²) in [6.45, 7) is 0. The maximum Gasteiger partial charge on any atom is 0.452 e. The molecular weight excluding hydrogens is 306 g/mol. The third kappa shape index (κ3) is 4.03. The number of epoxide rings is 1. The van der Waals surface area contributed by atoms with Crippen LogP contribution in [-0.4, -0.2) is 23.5 Å². The van der Waals surface area contributed by atoms with E-state index in [9.17, 15) is 26.3 Å². The number of hydrogen-bond donors (Lipinski definition) is 2. The van der Waals surface area contributed by atoms with Crippen molar-refractivity contribution in [2.45, 2.75) is 18.5 Å². The van der Waals surface area contributed by atoms with Crippen molar-refractivity contribution in [3.8, 4) is 0 Å². The summed E-state index contributed by atoms with van der Waals surface area (Å²) in [4.78, 5) is 0. The number of aliphatic hydroxyl groups is 2. The minimum Gasteiger partial charge on any atom is -0.502 e. The van der Waals surface area contributed by atoms with Gasteiger partial charge in [0.25, 0.3) is 0 Å². The van der Waals surface area contributed by atoms with Crippen LogP contribution in [0, 0.1) is 0 Å². The SMILES string of the molecule is CO.O/C(=C1\OC1c1ccc(C(F)(F)F)cc1)C(F)(F)F. The molecule has 1 unspecified atom stereocenters. The van der Waals surface area contributed by atoms with Crippen molar-refractivity contribution in [2.24, 2.45) is 0 Å². The zero-order valence-corrected chi connectivity index (χ0v) is 10.5. The smallest absolute Gasteiger partial charge is 0.452 e. The highest BCUT2D eigenvalue weighted by molar-refractivity contribution is 5.36. The van der Waals surface area contributed by atoms with E-state index in [1.54, 1.807) is 0 Å². The van der Waals surface area contributed by atoms with E-state index in [0.717, 1.165) is 31.4 Å². The van der Waals surface area contributed by atoms with Crippen LogP contribution in [0.3, 0.4) is 0 Å². The molecule has 1 aliphatic rings. The number of halogens is 6. The zero-order valence-electron chi connectivity index (χ0n) is 10.5. The molecule has 1 atom stereocenters. The summed E-state index contributed by atoms with van der Waals surface area (Å²) in [5.74, 6) is -2.55. The molecule has 9 heteroatoms. The summed E-state index contributed by atoms with van der Waals surface area (Å²) in [6, 6.07) is 3.48. The van der Waals surface area contributed by atoms with Gasteiger partial charge in [0, 0.05) is 12.7 Å². The van der Waals surface area contributed by atoms with E-state index in [-0.39, 0.29) is 5.56 Å². The summed E-state index contributed by atoms with van der Waals surface area (Å²) >= 11 is 0. The number of rotatable bonds is 1. The van der Waals surface area contributed by atoms with E-state index in [1.807, 2.05) is 0 Å². The minimum atomic E-state index is -4.93. The topological polar surface area (TPSA) is 53.0 Å². The van der Waals surface area contributed by atoms with Gasteiger partial charge in [0.1, 0.15) is 0 Å². The second kappa shape index (κ2) is 5.84. The van der Waals surface area contributed by atoms with Crippen LogP contribution >= 0.6 is 0 Å². The van der Waals surface area contributed by atoms with Crippen LogP contribution in [-0.2, 0) is 10.9 Å². The molecule has 0 radical (unpaired) electrons. The molecular formula is C12H10F6O3. The van der Waals surface area contributed by atoms with Crippen molar-refractivity contribution in [1.29, 1.82) is 0 Å². The quantitative estimate of drug-likeness (QED) is 0.472. The van der Waals surface area contributed by atoms with Gasteiger partial charge in [0.2, 0.25) is 5.76 Å². The van der Waals surface area contributed by atoms with Crippen LogP contribution in [0.1, 0.15) is 17.2 Å². The van der Waals surface area contributed by atoms with Gasteiger partial charge >= 0.3 is 12.4 Å². The van der Waals surface area contributed by atoms with E-state index >= 15 is 0 Å². The molecule has 1 aromatic carbocycles. The van der Waals surface area contributed by atoms with Gasteiger partial charge in [0.15, 0.2) is 11.9 Å². The van der Waals surface area contributed by atoms with E-state index in [2.05, 4.69) is 4.74 Å². The molecule has 3 nitrogen and oxygen atoms in total. The number of ether oxygens (including phenoxy) is 1. The highest BCUT2D eigenvalue weighted by Gasteiger charge is 2.48. The Kier molecular flexibility index (Phi) is 4.77. The number of benzene rings is 1. The number of allylic oxidation sites excluding steroid dienone is 1. The van der Waals surface area contributed by atoms with Crippen molar-refractivity contribution >= 4 is 0 Å². The Hall–Kier alpha value is -1.90.